The molecule has 2 aromatic rings. The number of nitrogens with one attached hydrogen (secondary N) is 2. The molecule has 0 spiro atoms. The number of thiol groups is 1. The van der Waals surface area contributed by atoms with Gasteiger partial charge in [0.2, 0.25) is 5.91 Å². The third-order valence-corrected chi connectivity index (χ3v) is 4.13. The minimum Gasteiger partial charge on any atom is -0.476 e. The number of rotatable bonds is 5. The fourth-order valence-corrected chi connectivity index (χ4v) is 2.84. The van der Waals surface area contributed by atoms with Crippen LogP contribution in [0, 0.1) is 11.3 Å². The van der Waals surface area contributed by atoms with E-state index in [1.807, 2.05) is 6.07 Å². The molecule has 0 radical (unpaired) electrons. The van der Waals surface area contributed by atoms with Crippen molar-refractivity contribution in [3.05, 3.63) is 46.4 Å². The fraction of sp³-hybridized carbons (Fsp3) is 0.118. The summed E-state index contributed by atoms with van der Waals surface area (Å²) >= 11 is 16.3. The third kappa shape index (κ3) is 5.69. The third-order valence-electron chi connectivity index (χ3n) is 3.16. The van der Waals surface area contributed by atoms with Gasteiger partial charge >= 0.3 is 6.03 Å². The summed E-state index contributed by atoms with van der Waals surface area (Å²) in [6.07, 6.45) is 0. The summed E-state index contributed by atoms with van der Waals surface area (Å²) in [5, 5.41) is 14.1. The molecule has 2 N–H and O–H groups in total. The molecule has 10 heteroatoms. The summed E-state index contributed by atoms with van der Waals surface area (Å²) in [7, 11) is 0. The van der Waals surface area contributed by atoms with E-state index in [0.717, 1.165) is 4.31 Å². The molecule has 0 atom stereocenters. The van der Waals surface area contributed by atoms with Crippen molar-refractivity contribution in [3.63, 3.8) is 0 Å². The van der Waals surface area contributed by atoms with E-state index in [-0.39, 0.29) is 28.3 Å². The first-order valence-electron chi connectivity index (χ1n) is 7.48. The quantitative estimate of drug-likeness (QED) is 0.604. The van der Waals surface area contributed by atoms with Crippen molar-refractivity contribution in [3.8, 4) is 11.8 Å². The highest BCUT2D eigenvalue weighted by atomic mass is 35.5. The number of benzene rings is 2. The Morgan fingerprint density at radius 3 is 2.26 bits per heavy atom. The van der Waals surface area contributed by atoms with Crippen LogP contribution in [0.1, 0.15) is 6.92 Å². The van der Waals surface area contributed by atoms with E-state index in [4.69, 9.17) is 33.2 Å². The van der Waals surface area contributed by atoms with E-state index in [1.165, 1.54) is 19.1 Å². The van der Waals surface area contributed by atoms with Gasteiger partial charge in [-0.3, -0.25) is 4.79 Å². The van der Waals surface area contributed by atoms with Gasteiger partial charge in [0.1, 0.15) is 6.07 Å². The molecule has 0 saturated carbocycles. The summed E-state index contributed by atoms with van der Waals surface area (Å²) in [4.78, 5) is 23.4. The maximum atomic E-state index is 12.4. The molecule has 0 heterocycles. The van der Waals surface area contributed by atoms with Crippen molar-refractivity contribution in [2.45, 2.75) is 6.92 Å². The molecular weight excluding hydrogens is 411 g/mol. The number of anilines is 3. The smallest absolute Gasteiger partial charge is 0.336 e. The molecule has 0 bridgehead atoms. The zero-order valence-corrected chi connectivity index (χ0v) is 16.4. The molecule has 2 rings (SSSR count). The molecule has 2 aromatic carbocycles. The molecule has 3 amide bonds. The minimum atomic E-state index is -0.552. The molecule has 0 aromatic heterocycles. The van der Waals surface area contributed by atoms with Crippen LogP contribution in [0.4, 0.5) is 21.9 Å². The van der Waals surface area contributed by atoms with Gasteiger partial charge in [0.25, 0.3) is 0 Å². The maximum Gasteiger partial charge on any atom is 0.336 e. The highest BCUT2D eigenvalue weighted by Gasteiger charge is 2.15. The standard InChI is InChI=1S/C17H14Cl2N4O3S/c1-10(24)21-11-2-4-13(5-3-11)23(27)17(25)22-12-8-14(18)16(15(19)9-12)26-7-6-20/h2-5,8-9,27H,7H2,1H3,(H,21,24)(H,22,25). The van der Waals surface area contributed by atoms with E-state index in [0.29, 0.717) is 17.1 Å². The number of nitriles is 1. The van der Waals surface area contributed by atoms with Gasteiger partial charge in [-0.05, 0) is 36.4 Å². The van der Waals surface area contributed by atoms with Crippen molar-refractivity contribution >= 4 is 65.0 Å². The SMILES string of the molecule is CC(=O)Nc1ccc(N(S)C(=O)Nc2cc(Cl)c(OCC#N)c(Cl)c2)cc1. The van der Waals surface area contributed by atoms with Crippen molar-refractivity contribution in [1.29, 1.82) is 5.26 Å². The van der Waals surface area contributed by atoms with Crippen LogP contribution < -0.4 is 19.7 Å². The Morgan fingerprint density at radius 1 is 1.15 bits per heavy atom. The number of urea groups is 1. The molecule has 0 saturated heterocycles. The second kappa shape index (κ2) is 9.37. The number of ether oxygens (including phenoxy) is 1. The summed E-state index contributed by atoms with van der Waals surface area (Å²) < 4.78 is 6.22. The van der Waals surface area contributed by atoms with E-state index in [9.17, 15) is 9.59 Å². The first-order valence-corrected chi connectivity index (χ1v) is 8.64. The topological polar surface area (TPSA) is 94.5 Å². The van der Waals surface area contributed by atoms with Gasteiger partial charge in [0.05, 0.1) is 15.7 Å². The lowest BCUT2D eigenvalue weighted by atomic mass is 10.2. The number of carbonyl (C=O) groups is 2. The van der Waals surface area contributed by atoms with Crippen LogP contribution in [0.5, 0.6) is 5.75 Å². The molecule has 0 fully saturated rings. The highest BCUT2D eigenvalue weighted by Crippen LogP contribution is 2.36. The summed E-state index contributed by atoms with van der Waals surface area (Å²) in [6, 6.07) is 10.7. The zero-order valence-electron chi connectivity index (χ0n) is 14.0. The van der Waals surface area contributed by atoms with Gasteiger partial charge in [-0.25, -0.2) is 9.10 Å². The van der Waals surface area contributed by atoms with Crippen LogP contribution in [0.3, 0.4) is 0 Å². The van der Waals surface area contributed by atoms with Crippen molar-refractivity contribution < 1.29 is 14.3 Å². The van der Waals surface area contributed by atoms with Crippen LogP contribution in [-0.2, 0) is 4.79 Å². The average Bonchev–Trinajstić information content (AvgIpc) is 2.60. The monoisotopic (exact) mass is 424 g/mol. The predicted octanol–water partition coefficient (Wildman–Crippen LogP) is 4.74. The van der Waals surface area contributed by atoms with Crippen LogP contribution in [0.15, 0.2) is 36.4 Å². The Labute approximate surface area is 171 Å². The van der Waals surface area contributed by atoms with Gasteiger partial charge in [-0.15, -0.1) is 0 Å². The minimum absolute atomic E-state index is 0.151. The van der Waals surface area contributed by atoms with Crippen LogP contribution in [-0.4, -0.2) is 18.5 Å². The molecule has 27 heavy (non-hydrogen) atoms. The van der Waals surface area contributed by atoms with Crippen molar-refractivity contribution in [2.75, 3.05) is 21.5 Å². The van der Waals surface area contributed by atoms with E-state index in [2.05, 4.69) is 23.4 Å². The second-order valence-electron chi connectivity index (χ2n) is 5.19. The van der Waals surface area contributed by atoms with Crippen LogP contribution >= 0.6 is 36.0 Å². The number of carbonyl (C=O) groups excluding carboxylic acids is 2. The zero-order chi connectivity index (χ0) is 20.0. The highest BCUT2D eigenvalue weighted by molar-refractivity contribution is 7.82. The Hall–Kier alpha value is -2.60. The number of hydrogen-bond donors (Lipinski definition) is 3. The molecule has 0 unspecified atom stereocenters. The lowest BCUT2D eigenvalue weighted by Crippen LogP contribution is -2.26. The largest absolute Gasteiger partial charge is 0.476 e. The van der Waals surface area contributed by atoms with Crippen molar-refractivity contribution in [1.82, 2.24) is 0 Å². The van der Waals surface area contributed by atoms with E-state index in [1.54, 1.807) is 24.3 Å². The molecule has 140 valence electrons. The Morgan fingerprint density at radius 2 is 1.74 bits per heavy atom. The average molecular weight is 425 g/mol. The Bertz CT molecular complexity index is 877. The predicted molar refractivity (Wildman–Crippen MR) is 109 cm³/mol. The maximum absolute atomic E-state index is 12.4. The Balaban J connectivity index is 2.10. The van der Waals surface area contributed by atoms with Gasteiger partial charge in [-0.1, -0.05) is 36.0 Å². The molecule has 0 aliphatic carbocycles. The fourth-order valence-electron chi connectivity index (χ4n) is 2.06. The lowest BCUT2D eigenvalue weighted by molar-refractivity contribution is -0.114. The molecule has 7 nitrogen and oxygen atoms in total. The summed E-state index contributed by atoms with van der Waals surface area (Å²) in [5.74, 6) is -0.0339. The number of amides is 3. The molecule has 0 aliphatic heterocycles. The summed E-state index contributed by atoms with van der Waals surface area (Å²) in [6.45, 7) is 1.20. The molecular formula is C17H14Cl2N4O3S. The first kappa shape index (κ1) is 20.7. The van der Waals surface area contributed by atoms with E-state index >= 15 is 0 Å². The van der Waals surface area contributed by atoms with Gasteiger partial charge in [-0.2, -0.15) is 5.26 Å². The normalized spacial score (nSPS) is 9.89. The number of halogens is 2. The van der Waals surface area contributed by atoms with Gasteiger partial charge < -0.3 is 15.4 Å². The second-order valence-corrected chi connectivity index (χ2v) is 6.40. The van der Waals surface area contributed by atoms with E-state index < -0.39 is 6.03 Å². The van der Waals surface area contributed by atoms with Crippen molar-refractivity contribution in [2.24, 2.45) is 0 Å². The van der Waals surface area contributed by atoms with Gasteiger partial charge in [0.15, 0.2) is 12.4 Å². The van der Waals surface area contributed by atoms with Crippen LogP contribution in [0.2, 0.25) is 10.0 Å². The molecule has 0 aliphatic rings. The number of nitrogens with zero attached hydrogens (tertiary/aromatic N) is 2. The summed E-state index contributed by atoms with van der Waals surface area (Å²) in [5.41, 5.74) is 1.41. The van der Waals surface area contributed by atoms with Crippen LogP contribution in [0.25, 0.3) is 0 Å². The van der Waals surface area contributed by atoms with Gasteiger partial charge in [0, 0.05) is 18.3 Å². The first-order chi connectivity index (χ1) is 12.8. The Kier molecular flexibility index (Phi) is 7.19. The lowest BCUT2D eigenvalue weighted by Gasteiger charge is -2.18. The number of hydrogen-bond acceptors (Lipinski definition) is 5.